The molecule has 0 spiro atoms. The lowest BCUT2D eigenvalue weighted by molar-refractivity contribution is -0.151. The van der Waals surface area contributed by atoms with Crippen molar-refractivity contribution in [1.29, 1.82) is 0 Å². The Hall–Kier alpha value is -3.43. The van der Waals surface area contributed by atoms with Crippen LogP contribution in [0.1, 0.15) is 90.8 Å². The SMILES string of the molecule is CC[C@H](C)[C@@H]([C@@H](CC(=O)N1CCC[C@H]1[C@H](OC)[C@@H](C)C(=O)N[C@@H](Cc1ccccc1)c1nccs1)OC)N(C)C(=O)[C@H](NC(=O)C(C)(C)NC)C(C)(C)O. The van der Waals surface area contributed by atoms with Crippen molar-refractivity contribution in [2.75, 3.05) is 34.9 Å². The Balaban J connectivity index is 1.81. The molecule has 1 aliphatic heterocycles. The second-order valence-corrected chi connectivity index (χ2v) is 16.6. The molecule has 0 aliphatic carbocycles. The topological polar surface area (TPSA) is 162 Å². The molecule has 0 unspecified atom stereocenters. The zero-order valence-electron chi connectivity index (χ0n) is 34.0. The van der Waals surface area contributed by atoms with Crippen LogP contribution < -0.4 is 16.0 Å². The standard InChI is InChI=1S/C40H64N6O7S/c1-12-25(2)32(45(9)37(49)34(40(6,7)51)44-38(50)39(4,5)41-8)30(52-10)24-31(47)46-21-16-19-29(46)33(53-11)26(3)35(48)43-28(36-42-20-22-54-36)23-27-17-14-13-15-18-27/h13-15,17-18,20,22,25-26,28-30,32-34,41,51H,12,16,19,21,23-24H2,1-11H3,(H,43,48)(H,44,50)/t25-,26+,28-,29-,30+,32-,33+,34-/m0/s1. The van der Waals surface area contributed by atoms with E-state index in [1.165, 1.54) is 37.2 Å². The number of nitrogens with zero attached hydrogens (tertiary/aromatic N) is 3. The molecule has 2 heterocycles. The number of benzene rings is 1. The summed E-state index contributed by atoms with van der Waals surface area (Å²) in [7, 11) is 6.37. The van der Waals surface area contributed by atoms with Crippen molar-refractivity contribution in [2.45, 2.75) is 128 Å². The monoisotopic (exact) mass is 772 g/mol. The summed E-state index contributed by atoms with van der Waals surface area (Å²) in [6, 6.07) is 7.46. The van der Waals surface area contributed by atoms with E-state index in [9.17, 15) is 24.3 Å². The normalized spacial score (nSPS) is 18.9. The van der Waals surface area contributed by atoms with Gasteiger partial charge in [-0.2, -0.15) is 0 Å². The van der Waals surface area contributed by atoms with Crippen LogP contribution in [-0.4, -0.2) is 120 Å². The molecule has 0 radical (unpaired) electrons. The molecular weight excluding hydrogens is 709 g/mol. The van der Waals surface area contributed by atoms with E-state index in [4.69, 9.17) is 9.47 Å². The molecule has 4 N–H and O–H groups in total. The quantitative estimate of drug-likeness (QED) is 0.157. The molecule has 1 aliphatic rings. The minimum atomic E-state index is -1.59. The van der Waals surface area contributed by atoms with Crippen molar-refractivity contribution in [3.8, 4) is 0 Å². The molecule has 3 rings (SSSR count). The van der Waals surface area contributed by atoms with Crippen molar-refractivity contribution in [2.24, 2.45) is 11.8 Å². The Bertz CT molecular complexity index is 1500. The maximum absolute atomic E-state index is 14.2. The van der Waals surface area contributed by atoms with Gasteiger partial charge in [0, 0.05) is 39.4 Å². The minimum absolute atomic E-state index is 0.0217. The Labute approximate surface area is 325 Å². The van der Waals surface area contributed by atoms with Crippen LogP contribution >= 0.6 is 11.3 Å². The molecule has 2 aromatic rings. The summed E-state index contributed by atoms with van der Waals surface area (Å²) >= 11 is 1.49. The van der Waals surface area contributed by atoms with Crippen LogP contribution in [0.2, 0.25) is 0 Å². The molecule has 0 bridgehead atoms. The Kier molecular flexibility index (Phi) is 16.6. The molecule has 302 valence electrons. The molecule has 1 aromatic heterocycles. The van der Waals surface area contributed by atoms with Crippen molar-refractivity contribution in [1.82, 2.24) is 30.7 Å². The maximum atomic E-state index is 14.2. The van der Waals surface area contributed by atoms with Crippen LogP contribution in [-0.2, 0) is 35.1 Å². The second kappa shape index (κ2) is 19.9. The van der Waals surface area contributed by atoms with E-state index in [-0.39, 0.29) is 36.2 Å². The number of nitrogens with one attached hydrogen (secondary N) is 3. The fraction of sp³-hybridized carbons (Fsp3) is 0.675. The zero-order chi connectivity index (χ0) is 40.4. The van der Waals surface area contributed by atoms with Crippen LogP contribution in [0.3, 0.4) is 0 Å². The lowest BCUT2D eigenvalue weighted by Gasteiger charge is -2.42. The van der Waals surface area contributed by atoms with Crippen molar-refractivity contribution < 1.29 is 33.8 Å². The molecule has 8 atom stereocenters. The number of likely N-dealkylation sites (N-methyl/N-ethyl adjacent to an activating group) is 2. The van der Waals surface area contributed by atoms with E-state index >= 15 is 0 Å². The number of amides is 4. The Morgan fingerprint density at radius 2 is 1.74 bits per heavy atom. The summed E-state index contributed by atoms with van der Waals surface area (Å²) in [6.45, 7) is 12.7. The number of rotatable bonds is 20. The first-order valence-corrected chi connectivity index (χ1v) is 19.9. The predicted octanol–water partition coefficient (Wildman–Crippen LogP) is 3.72. The molecule has 54 heavy (non-hydrogen) atoms. The van der Waals surface area contributed by atoms with Gasteiger partial charge in [0.05, 0.1) is 53.8 Å². The van der Waals surface area contributed by atoms with Gasteiger partial charge in [-0.15, -0.1) is 11.3 Å². The number of ether oxygens (including phenoxy) is 2. The van der Waals surface area contributed by atoms with Crippen LogP contribution in [0.25, 0.3) is 0 Å². The third kappa shape index (κ3) is 11.3. The van der Waals surface area contributed by atoms with Crippen molar-refractivity contribution in [3.05, 3.63) is 52.5 Å². The van der Waals surface area contributed by atoms with Crippen LogP contribution in [0, 0.1) is 11.8 Å². The molecule has 1 saturated heterocycles. The number of likely N-dealkylation sites (tertiary alicyclic amines) is 1. The molecule has 4 amide bonds. The van der Waals surface area contributed by atoms with Gasteiger partial charge in [-0.1, -0.05) is 57.5 Å². The number of methoxy groups -OCH3 is 2. The van der Waals surface area contributed by atoms with Crippen LogP contribution in [0.4, 0.5) is 0 Å². The van der Waals surface area contributed by atoms with E-state index in [0.717, 1.165) is 17.0 Å². The summed E-state index contributed by atoms with van der Waals surface area (Å²) in [4.78, 5) is 63.2. The van der Waals surface area contributed by atoms with Gasteiger partial charge in [-0.25, -0.2) is 4.98 Å². The zero-order valence-corrected chi connectivity index (χ0v) is 34.9. The van der Waals surface area contributed by atoms with E-state index in [1.807, 2.05) is 56.5 Å². The highest BCUT2D eigenvalue weighted by Crippen LogP contribution is 2.31. The van der Waals surface area contributed by atoms with Gasteiger partial charge < -0.3 is 40.3 Å². The van der Waals surface area contributed by atoms with E-state index < -0.39 is 53.2 Å². The van der Waals surface area contributed by atoms with Gasteiger partial charge in [0.1, 0.15) is 11.0 Å². The third-order valence-electron chi connectivity index (χ3n) is 11.0. The number of thiazole rings is 1. The smallest absolute Gasteiger partial charge is 0.248 e. The number of carbonyl (C=O) groups is 4. The third-order valence-corrected chi connectivity index (χ3v) is 11.9. The summed E-state index contributed by atoms with van der Waals surface area (Å²) in [5.41, 5.74) is -1.50. The molecule has 13 nitrogen and oxygen atoms in total. The van der Waals surface area contributed by atoms with Crippen LogP contribution in [0.15, 0.2) is 41.9 Å². The molecule has 1 fully saturated rings. The first-order valence-electron chi connectivity index (χ1n) is 19.0. The highest BCUT2D eigenvalue weighted by Gasteiger charge is 2.45. The van der Waals surface area contributed by atoms with Gasteiger partial charge in [-0.05, 0) is 65.5 Å². The minimum Gasteiger partial charge on any atom is -0.388 e. The van der Waals surface area contributed by atoms with Crippen molar-refractivity contribution in [3.63, 3.8) is 0 Å². The first kappa shape index (κ1) is 45.0. The van der Waals surface area contributed by atoms with Crippen molar-refractivity contribution >= 4 is 35.0 Å². The first-order chi connectivity index (χ1) is 25.4. The molecule has 0 saturated carbocycles. The fourth-order valence-corrected chi connectivity index (χ4v) is 7.92. The van der Waals surface area contributed by atoms with Gasteiger partial charge in [0.15, 0.2) is 0 Å². The highest BCUT2D eigenvalue weighted by molar-refractivity contribution is 7.09. The molecule has 1 aromatic carbocycles. The number of aromatic nitrogens is 1. The summed E-state index contributed by atoms with van der Waals surface area (Å²) in [5, 5.41) is 22.7. The summed E-state index contributed by atoms with van der Waals surface area (Å²) < 4.78 is 12.0. The fourth-order valence-electron chi connectivity index (χ4n) is 7.23. The number of aliphatic hydroxyl groups is 1. The predicted molar refractivity (Wildman–Crippen MR) is 211 cm³/mol. The summed E-state index contributed by atoms with van der Waals surface area (Å²) in [5.74, 6) is -1.97. The number of carbonyl (C=O) groups excluding carboxylic acids is 4. The number of hydrogen-bond acceptors (Lipinski definition) is 10. The second-order valence-electron chi connectivity index (χ2n) is 15.6. The number of hydrogen-bond donors (Lipinski definition) is 4. The van der Waals surface area contributed by atoms with E-state index in [2.05, 4.69) is 20.9 Å². The average molecular weight is 773 g/mol. The van der Waals surface area contributed by atoms with Crippen LogP contribution in [0.5, 0.6) is 0 Å². The average Bonchev–Trinajstić information content (AvgIpc) is 3.86. The Morgan fingerprint density at radius 1 is 1.07 bits per heavy atom. The van der Waals surface area contributed by atoms with Gasteiger partial charge in [0.2, 0.25) is 23.6 Å². The Morgan fingerprint density at radius 3 is 2.28 bits per heavy atom. The maximum Gasteiger partial charge on any atom is 0.248 e. The largest absolute Gasteiger partial charge is 0.388 e. The molecular formula is C40H64N6O7S. The van der Waals surface area contributed by atoms with Gasteiger partial charge in [0.25, 0.3) is 0 Å². The lowest BCUT2D eigenvalue weighted by atomic mass is 9.88. The highest BCUT2D eigenvalue weighted by atomic mass is 32.1. The van der Waals surface area contributed by atoms with Gasteiger partial charge in [-0.3, -0.25) is 19.2 Å². The summed E-state index contributed by atoms with van der Waals surface area (Å²) in [6.07, 6.45) is 3.12. The molecule has 14 heteroatoms. The van der Waals surface area contributed by atoms with E-state index in [1.54, 1.807) is 46.1 Å². The van der Waals surface area contributed by atoms with Gasteiger partial charge >= 0.3 is 0 Å². The van der Waals surface area contributed by atoms with E-state index in [0.29, 0.717) is 25.8 Å². The lowest BCUT2D eigenvalue weighted by Crippen LogP contribution is -2.65.